The molecule has 3 N–H and O–H groups in total. The van der Waals surface area contributed by atoms with Crippen LogP contribution in [0.5, 0.6) is 0 Å². The van der Waals surface area contributed by atoms with E-state index >= 15 is 0 Å². The summed E-state index contributed by atoms with van der Waals surface area (Å²) in [5.41, 5.74) is 1.72. The van der Waals surface area contributed by atoms with E-state index < -0.39 is 0 Å². The largest absolute Gasteiger partial charge is 0.351 e. The molecule has 3 aliphatic rings. The van der Waals surface area contributed by atoms with Crippen LogP contribution in [0.4, 0.5) is 11.9 Å². The molecule has 152 valence electrons. The summed E-state index contributed by atoms with van der Waals surface area (Å²) >= 11 is 0. The quantitative estimate of drug-likeness (QED) is 0.498. The second-order valence-corrected chi connectivity index (χ2v) is 8.07. The zero-order valence-corrected chi connectivity index (χ0v) is 16.3. The average molecular weight is 396 g/mol. The number of carbonyl (C=O) groups is 2. The normalized spacial score (nSPS) is 22.4. The van der Waals surface area contributed by atoms with Crippen LogP contribution in [0.2, 0.25) is 0 Å². The lowest BCUT2D eigenvalue weighted by molar-refractivity contribution is -0.124. The van der Waals surface area contributed by atoms with Crippen molar-refractivity contribution in [3.05, 3.63) is 17.3 Å². The number of aromatic nitrogens is 4. The molecule has 2 aliphatic heterocycles. The summed E-state index contributed by atoms with van der Waals surface area (Å²) in [6, 6.07) is 0.735. The zero-order valence-electron chi connectivity index (χ0n) is 16.3. The van der Waals surface area contributed by atoms with Crippen LogP contribution in [-0.2, 0) is 9.59 Å². The number of piperidine rings is 1. The Kier molecular flexibility index (Phi) is 4.42. The number of imide groups is 1. The Labute approximate surface area is 167 Å². The number of hydrogen-bond donors (Lipinski definition) is 3. The number of anilines is 2. The van der Waals surface area contributed by atoms with Gasteiger partial charge in [0.15, 0.2) is 5.65 Å². The third kappa shape index (κ3) is 3.80. The van der Waals surface area contributed by atoms with Gasteiger partial charge in [0.05, 0.1) is 12.6 Å². The molecular weight excluding hydrogens is 372 g/mol. The summed E-state index contributed by atoms with van der Waals surface area (Å²) in [7, 11) is 2.13. The summed E-state index contributed by atoms with van der Waals surface area (Å²) in [5.74, 6) is 0.560. The van der Waals surface area contributed by atoms with E-state index in [0.29, 0.717) is 40.8 Å². The molecule has 0 spiro atoms. The van der Waals surface area contributed by atoms with Gasteiger partial charge in [0.25, 0.3) is 5.91 Å². The van der Waals surface area contributed by atoms with Gasteiger partial charge >= 0.3 is 0 Å². The zero-order chi connectivity index (χ0) is 20.0. The van der Waals surface area contributed by atoms with Gasteiger partial charge in [0.2, 0.25) is 17.8 Å². The SMILES string of the molecule is CN1CCC(Nc2nc(NC3CC3)n3ncc(/C=C4\CC(=O)NC4=O)c3n2)CC1. The van der Waals surface area contributed by atoms with E-state index in [2.05, 4.69) is 43.0 Å². The summed E-state index contributed by atoms with van der Waals surface area (Å²) in [5, 5.41) is 13.6. The van der Waals surface area contributed by atoms with Gasteiger partial charge in [0, 0.05) is 23.2 Å². The first-order valence-corrected chi connectivity index (χ1v) is 10.1. The van der Waals surface area contributed by atoms with E-state index in [1.54, 1.807) is 16.8 Å². The molecule has 10 nitrogen and oxygen atoms in total. The molecule has 2 aromatic rings. The Balaban J connectivity index is 1.49. The van der Waals surface area contributed by atoms with Crippen LogP contribution in [0, 0.1) is 0 Å². The minimum absolute atomic E-state index is 0.0785. The van der Waals surface area contributed by atoms with Crippen molar-refractivity contribution >= 4 is 35.4 Å². The van der Waals surface area contributed by atoms with Crippen molar-refractivity contribution in [2.75, 3.05) is 30.8 Å². The molecule has 1 saturated carbocycles. The van der Waals surface area contributed by atoms with Gasteiger partial charge in [-0.3, -0.25) is 14.9 Å². The van der Waals surface area contributed by atoms with Crippen LogP contribution in [0.3, 0.4) is 0 Å². The Bertz CT molecular complexity index is 1000. The number of nitrogens with one attached hydrogen (secondary N) is 3. The molecule has 0 unspecified atom stereocenters. The molecule has 2 saturated heterocycles. The number of fused-ring (bicyclic) bond motifs is 1. The average Bonchev–Trinajstić information content (AvgIpc) is 3.33. The third-order valence-electron chi connectivity index (χ3n) is 5.58. The van der Waals surface area contributed by atoms with Gasteiger partial charge in [-0.2, -0.15) is 19.6 Å². The smallest absolute Gasteiger partial charge is 0.254 e. The van der Waals surface area contributed by atoms with Crippen LogP contribution >= 0.6 is 0 Å². The van der Waals surface area contributed by atoms with Crippen molar-refractivity contribution in [1.29, 1.82) is 0 Å². The Morgan fingerprint density at radius 2 is 1.86 bits per heavy atom. The Morgan fingerprint density at radius 1 is 1.10 bits per heavy atom. The monoisotopic (exact) mass is 396 g/mol. The Morgan fingerprint density at radius 3 is 2.55 bits per heavy atom. The Hall–Kier alpha value is -3.01. The number of rotatable bonds is 5. The molecule has 0 bridgehead atoms. The lowest BCUT2D eigenvalue weighted by Crippen LogP contribution is -2.37. The van der Waals surface area contributed by atoms with Crippen molar-refractivity contribution in [2.24, 2.45) is 0 Å². The summed E-state index contributed by atoms with van der Waals surface area (Å²) in [4.78, 5) is 35.1. The van der Waals surface area contributed by atoms with E-state index in [9.17, 15) is 9.59 Å². The molecule has 3 fully saturated rings. The summed E-state index contributed by atoms with van der Waals surface area (Å²) < 4.78 is 1.67. The number of amides is 2. The van der Waals surface area contributed by atoms with Gasteiger partial charge in [-0.25, -0.2) is 0 Å². The fraction of sp³-hybridized carbons (Fsp3) is 0.526. The topological polar surface area (TPSA) is 117 Å². The van der Waals surface area contributed by atoms with E-state index in [1.165, 1.54) is 0 Å². The van der Waals surface area contributed by atoms with E-state index in [1.807, 2.05) is 0 Å². The number of carbonyl (C=O) groups excluding carboxylic acids is 2. The first-order valence-electron chi connectivity index (χ1n) is 10.1. The molecule has 5 rings (SSSR count). The van der Waals surface area contributed by atoms with Gasteiger partial charge in [0.1, 0.15) is 0 Å². The fourth-order valence-electron chi connectivity index (χ4n) is 3.71. The number of likely N-dealkylation sites (tertiary alicyclic amines) is 1. The van der Waals surface area contributed by atoms with Gasteiger partial charge in [-0.1, -0.05) is 0 Å². The fourth-order valence-corrected chi connectivity index (χ4v) is 3.71. The van der Waals surface area contributed by atoms with Gasteiger partial charge in [-0.15, -0.1) is 0 Å². The van der Waals surface area contributed by atoms with Crippen LogP contribution < -0.4 is 16.0 Å². The van der Waals surface area contributed by atoms with Crippen molar-refractivity contribution < 1.29 is 9.59 Å². The second kappa shape index (κ2) is 7.11. The van der Waals surface area contributed by atoms with Crippen LogP contribution in [0.1, 0.15) is 37.7 Å². The molecule has 1 aliphatic carbocycles. The van der Waals surface area contributed by atoms with Crippen LogP contribution in [0.15, 0.2) is 11.8 Å². The molecule has 2 aromatic heterocycles. The van der Waals surface area contributed by atoms with E-state index in [-0.39, 0.29) is 18.2 Å². The standard InChI is InChI=1S/C19H24N8O2/c1-26-6-4-14(5-7-26)21-18-24-16-12(8-11-9-15(28)23-17(11)29)10-20-27(16)19(25-18)22-13-2-3-13/h8,10,13-14H,2-7,9H2,1H3,(H,23,28,29)(H2,21,22,24,25)/b11-8+. The van der Waals surface area contributed by atoms with Crippen molar-refractivity contribution in [2.45, 2.75) is 44.2 Å². The van der Waals surface area contributed by atoms with Crippen molar-refractivity contribution in [3.63, 3.8) is 0 Å². The highest BCUT2D eigenvalue weighted by Crippen LogP contribution is 2.26. The number of nitrogens with zero attached hydrogens (tertiary/aromatic N) is 5. The first kappa shape index (κ1) is 18.0. The lowest BCUT2D eigenvalue weighted by Gasteiger charge is -2.29. The molecular formula is C19H24N8O2. The highest BCUT2D eigenvalue weighted by atomic mass is 16.2. The maximum Gasteiger partial charge on any atom is 0.254 e. The first-order chi connectivity index (χ1) is 14.0. The molecule has 2 amide bonds. The predicted molar refractivity (Wildman–Crippen MR) is 107 cm³/mol. The molecule has 0 radical (unpaired) electrons. The van der Waals surface area contributed by atoms with Crippen molar-refractivity contribution in [1.82, 2.24) is 29.8 Å². The maximum atomic E-state index is 11.9. The highest BCUT2D eigenvalue weighted by Gasteiger charge is 2.26. The lowest BCUT2D eigenvalue weighted by atomic mass is 10.1. The van der Waals surface area contributed by atoms with Crippen molar-refractivity contribution in [3.8, 4) is 0 Å². The molecule has 10 heteroatoms. The van der Waals surface area contributed by atoms with E-state index in [0.717, 1.165) is 38.8 Å². The summed E-state index contributed by atoms with van der Waals surface area (Å²) in [6.45, 7) is 2.08. The highest BCUT2D eigenvalue weighted by molar-refractivity contribution is 6.15. The van der Waals surface area contributed by atoms with Gasteiger partial charge < -0.3 is 15.5 Å². The van der Waals surface area contributed by atoms with Crippen LogP contribution in [0.25, 0.3) is 11.7 Å². The molecule has 0 aromatic carbocycles. The van der Waals surface area contributed by atoms with Gasteiger partial charge in [-0.05, 0) is 51.9 Å². The predicted octanol–water partition coefficient (Wildman–Crippen LogP) is 0.635. The molecule has 0 atom stereocenters. The second-order valence-electron chi connectivity index (χ2n) is 8.07. The number of hydrogen-bond acceptors (Lipinski definition) is 8. The molecule has 4 heterocycles. The minimum Gasteiger partial charge on any atom is -0.351 e. The van der Waals surface area contributed by atoms with Crippen LogP contribution in [-0.4, -0.2) is 68.5 Å². The summed E-state index contributed by atoms with van der Waals surface area (Å²) in [6.07, 6.45) is 7.73. The third-order valence-corrected chi connectivity index (χ3v) is 5.58. The van der Waals surface area contributed by atoms with E-state index in [4.69, 9.17) is 0 Å². The minimum atomic E-state index is -0.357. The molecule has 29 heavy (non-hydrogen) atoms. The maximum absolute atomic E-state index is 11.9.